The topological polar surface area (TPSA) is 101 Å². The first-order valence-corrected chi connectivity index (χ1v) is 9.53. The molecule has 2 heterocycles. The first-order chi connectivity index (χ1) is 12.1. The minimum absolute atomic E-state index is 0.0543. The lowest BCUT2D eigenvalue weighted by molar-refractivity contribution is -0.118. The summed E-state index contributed by atoms with van der Waals surface area (Å²) >= 11 is 3.92. The van der Waals surface area contributed by atoms with Crippen LogP contribution >= 0.6 is 12.6 Å². The third kappa shape index (κ3) is 6.19. The van der Waals surface area contributed by atoms with Gasteiger partial charge in [0.15, 0.2) is 0 Å². The second-order valence-electron chi connectivity index (χ2n) is 6.26. The lowest BCUT2D eigenvalue weighted by atomic mass is 10.1. The second-order valence-corrected chi connectivity index (χ2v) is 6.58. The smallest absolute Gasteiger partial charge is 0.252 e. The minimum Gasteiger partial charge on any atom is -0.365 e. The highest BCUT2D eigenvalue weighted by Crippen LogP contribution is 2.18. The predicted molar refractivity (Wildman–Crippen MR) is 101 cm³/mol. The Bertz CT molecular complexity index is 590. The molecule has 138 valence electrons. The van der Waals surface area contributed by atoms with Gasteiger partial charge in [-0.25, -0.2) is 9.97 Å². The summed E-state index contributed by atoms with van der Waals surface area (Å²) in [6.45, 7) is 2.56. The number of rotatable bonds is 9. The number of amides is 2. The standard InChI is InChI=1S/C17H27N5O2S/c18-16(24)13-11-20-17(22-9-5-2-6-10-22)21-14(13)7-3-1-4-8-19-15(23)12-25/h11,25H,1-10,12H2,(H2,18,24)(H,19,23). The predicted octanol–water partition coefficient (Wildman–Crippen LogP) is 1.32. The first-order valence-electron chi connectivity index (χ1n) is 8.90. The largest absolute Gasteiger partial charge is 0.365 e. The summed E-state index contributed by atoms with van der Waals surface area (Å²) < 4.78 is 0. The molecule has 0 aromatic carbocycles. The zero-order valence-corrected chi connectivity index (χ0v) is 15.4. The number of hydrogen-bond acceptors (Lipinski definition) is 6. The van der Waals surface area contributed by atoms with Crippen molar-refractivity contribution >= 4 is 30.4 Å². The van der Waals surface area contributed by atoms with Gasteiger partial charge in [-0.05, 0) is 38.5 Å². The van der Waals surface area contributed by atoms with Gasteiger partial charge < -0.3 is 16.0 Å². The highest BCUT2D eigenvalue weighted by Gasteiger charge is 2.17. The highest BCUT2D eigenvalue weighted by atomic mass is 32.1. The van der Waals surface area contributed by atoms with Crippen molar-refractivity contribution in [3.8, 4) is 0 Å². The lowest BCUT2D eigenvalue weighted by Gasteiger charge is -2.27. The number of aromatic nitrogens is 2. The van der Waals surface area contributed by atoms with Crippen LogP contribution in [0, 0.1) is 0 Å². The Morgan fingerprint density at radius 3 is 2.64 bits per heavy atom. The van der Waals surface area contributed by atoms with Crippen molar-refractivity contribution in [2.45, 2.75) is 44.9 Å². The van der Waals surface area contributed by atoms with Crippen molar-refractivity contribution in [1.29, 1.82) is 0 Å². The van der Waals surface area contributed by atoms with Crippen LogP contribution in [0.15, 0.2) is 6.20 Å². The Balaban J connectivity index is 1.90. The molecule has 0 unspecified atom stereocenters. The number of nitrogens with one attached hydrogen (secondary N) is 1. The van der Waals surface area contributed by atoms with Crippen LogP contribution in [0.3, 0.4) is 0 Å². The molecular formula is C17H27N5O2S. The number of hydrogen-bond donors (Lipinski definition) is 3. The Kier molecular flexibility index (Phi) is 7.97. The second kappa shape index (κ2) is 10.2. The molecule has 2 amide bonds. The summed E-state index contributed by atoms with van der Waals surface area (Å²) in [5.74, 6) is 0.366. The van der Waals surface area contributed by atoms with Gasteiger partial charge in [-0.1, -0.05) is 6.42 Å². The molecule has 0 spiro atoms. The summed E-state index contributed by atoms with van der Waals surface area (Å²) in [6.07, 6.45) is 8.48. The number of primary amides is 1. The van der Waals surface area contributed by atoms with E-state index in [0.717, 1.165) is 50.9 Å². The number of carbonyl (C=O) groups is 2. The summed E-state index contributed by atoms with van der Waals surface area (Å²) in [4.78, 5) is 33.9. The Morgan fingerprint density at radius 1 is 1.20 bits per heavy atom. The average Bonchev–Trinajstić information content (AvgIpc) is 2.64. The number of nitrogens with zero attached hydrogens (tertiary/aromatic N) is 3. The molecule has 1 aromatic heterocycles. The van der Waals surface area contributed by atoms with Crippen molar-refractivity contribution in [2.75, 3.05) is 30.3 Å². The van der Waals surface area contributed by atoms with Crippen LogP contribution in [-0.4, -0.2) is 47.2 Å². The van der Waals surface area contributed by atoms with Gasteiger partial charge in [0.25, 0.3) is 5.91 Å². The van der Waals surface area contributed by atoms with Crippen LogP contribution < -0.4 is 16.0 Å². The van der Waals surface area contributed by atoms with Crippen LogP contribution in [0.4, 0.5) is 5.95 Å². The van der Waals surface area contributed by atoms with Crippen molar-refractivity contribution in [3.05, 3.63) is 17.5 Å². The van der Waals surface area contributed by atoms with Gasteiger partial charge in [0.1, 0.15) is 0 Å². The van der Waals surface area contributed by atoms with E-state index < -0.39 is 5.91 Å². The molecule has 0 aliphatic carbocycles. The molecule has 0 saturated carbocycles. The molecule has 1 saturated heterocycles. The monoisotopic (exact) mass is 365 g/mol. The van der Waals surface area contributed by atoms with Crippen LogP contribution in [-0.2, 0) is 11.2 Å². The third-order valence-corrected chi connectivity index (χ3v) is 4.60. The van der Waals surface area contributed by atoms with E-state index >= 15 is 0 Å². The van der Waals surface area contributed by atoms with E-state index in [4.69, 9.17) is 5.73 Å². The SMILES string of the molecule is NC(=O)c1cnc(N2CCCCC2)nc1CCCCCNC(=O)CS. The average molecular weight is 366 g/mol. The van der Waals surface area contributed by atoms with E-state index in [0.29, 0.717) is 24.5 Å². The molecular weight excluding hydrogens is 338 g/mol. The van der Waals surface area contributed by atoms with Crippen LogP contribution in [0.2, 0.25) is 0 Å². The van der Waals surface area contributed by atoms with Gasteiger partial charge in [0, 0.05) is 25.8 Å². The van der Waals surface area contributed by atoms with E-state index in [9.17, 15) is 9.59 Å². The maximum absolute atomic E-state index is 11.6. The maximum atomic E-state index is 11.6. The molecule has 8 heteroatoms. The van der Waals surface area contributed by atoms with Crippen LogP contribution in [0.1, 0.15) is 54.6 Å². The van der Waals surface area contributed by atoms with Gasteiger partial charge in [-0.15, -0.1) is 0 Å². The maximum Gasteiger partial charge on any atom is 0.252 e. The molecule has 3 N–H and O–H groups in total. The van der Waals surface area contributed by atoms with Gasteiger partial charge in [-0.3, -0.25) is 9.59 Å². The fourth-order valence-corrected chi connectivity index (χ4v) is 3.04. The summed E-state index contributed by atoms with van der Waals surface area (Å²) in [5, 5.41) is 2.79. The summed E-state index contributed by atoms with van der Waals surface area (Å²) in [6, 6.07) is 0. The van der Waals surface area contributed by atoms with Crippen molar-refractivity contribution in [1.82, 2.24) is 15.3 Å². The fourth-order valence-electron chi connectivity index (χ4n) is 2.93. The number of piperidine rings is 1. The first kappa shape index (κ1) is 19.5. The van der Waals surface area contributed by atoms with Gasteiger partial charge in [0.05, 0.1) is 17.0 Å². The van der Waals surface area contributed by atoms with E-state index in [-0.39, 0.29) is 11.7 Å². The van der Waals surface area contributed by atoms with E-state index in [2.05, 4.69) is 32.8 Å². The quantitative estimate of drug-likeness (QED) is 0.453. The molecule has 1 aromatic rings. The molecule has 25 heavy (non-hydrogen) atoms. The fraction of sp³-hybridized carbons (Fsp3) is 0.647. The van der Waals surface area contributed by atoms with Crippen molar-refractivity contribution in [2.24, 2.45) is 5.73 Å². The molecule has 1 fully saturated rings. The third-order valence-electron chi connectivity index (χ3n) is 4.32. The number of anilines is 1. The number of unbranched alkanes of at least 4 members (excludes halogenated alkanes) is 2. The van der Waals surface area contributed by atoms with Crippen LogP contribution in [0.25, 0.3) is 0 Å². The normalized spacial score (nSPS) is 14.4. The summed E-state index contributed by atoms with van der Waals surface area (Å²) in [5.41, 5.74) is 6.59. The van der Waals surface area contributed by atoms with Crippen molar-refractivity contribution < 1.29 is 9.59 Å². The molecule has 0 radical (unpaired) electrons. The summed E-state index contributed by atoms with van der Waals surface area (Å²) in [7, 11) is 0. The van der Waals surface area contributed by atoms with E-state index in [1.54, 1.807) is 6.20 Å². The molecule has 1 aliphatic heterocycles. The molecule has 0 bridgehead atoms. The minimum atomic E-state index is -0.485. The Hall–Kier alpha value is -1.83. The van der Waals surface area contributed by atoms with E-state index in [1.165, 1.54) is 6.42 Å². The molecule has 0 atom stereocenters. The van der Waals surface area contributed by atoms with Crippen molar-refractivity contribution in [3.63, 3.8) is 0 Å². The van der Waals surface area contributed by atoms with Gasteiger partial charge in [0.2, 0.25) is 11.9 Å². The number of thiol groups is 1. The molecule has 2 rings (SSSR count). The zero-order chi connectivity index (χ0) is 18.1. The zero-order valence-electron chi connectivity index (χ0n) is 14.5. The number of carbonyl (C=O) groups excluding carboxylic acids is 2. The molecule has 1 aliphatic rings. The van der Waals surface area contributed by atoms with E-state index in [1.807, 2.05) is 0 Å². The number of aryl methyl sites for hydroxylation is 1. The number of nitrogens with two attached hydrogens (primary N) is 1. The molecule has 7 nitrogen and oxygen atoms in total. The highest BCUT2D eigenvalue weighted by molar-refractivity contribution is 7.81. The van der Waals surface area contributed by atoms with Crippen LogP contribution in [0.5, 0.6) is 0 Å². The van der Waals surface area contributed by atoms with Gasteiger partial charge in [-0.2, -0.15) is 12.6 Å². The lowest BCUT2D eigenvalue weighted by Crippen LogP contribution is -2.31. The van der Waals surface area contributed by atoms with Gasteiger partial charge >= 0.3 is 0 Å². The Labute approximate surface area is 154 Å². The Morgan fingerprint density at radius 2 is 1.96 bits per heavy atom.